The molecule has 0 unspecified atom stereocenters. The van der Waals surface area contributed by atoms with Crippen LogP contribution in [0, 0.1) is 5.82 Å². The summed E-state index contributed by atoms with van der Waals surface area (Å²) in [6, 6.07) is 4.83. The second-order valence-corrected chi connectivity index (χ2v) is 3.70. The van der Waals surface area contributed by atoms with Gasteiger partial charge in [0.05, 0.1) is 11.1 Å². The van der Waals surface area contributed by atoms with Gasteiger partial charge < -0.3 is 5.32 Å². The van der Waals surface area contributed by atoms with Crippen molar-refractivity contribution in [3.63, 3.8) is 0 Å². The molecular formula is C10H8FNO. The zero-order valence-corrected chi connectivity index (χ0v) is 6.93. The first kappa shape index (κ1) is 7.06. The Morgan fingerprint density at radius 3 is 2.85 bits per heavy atom. The van der Waals surface area contributed by atoms with Crippen molar-refractivity contribution in [2.45, 2.75) is 18.4 Å². The van der Waals surface area contributed by atoms with Crippen molar-refractivity contribution in [2.24, 2.45) is 0 Å². The van der Waals surface area contributed by atoms with Crippen LogP contribution in [0.3, 0.4) is 0 Å². The minimum atomic E-state index is -0.404. The van der Waals surface area contributed by atoms with E-state index in [2.05, 4.69) is 5.32 Å². The van der Waals surface area contributed by atoms with E-state index in [0.29, 0.717) is 0 Å². The van der Waals surface area contributed by atoms with Gasteiger partial charge in [-0.1, -0.05) is 12.1 Å². The molecule has 1 amide bonds. The average Bonchev–Trinajstić information content (AvgIpc) is 2.78. The lowest BCUT2D eigenvalue weighted by Gasteiger charge is -2.06. The standard InChI is InChI=1S/C10H8FNO/c11-7-3-1-2-6-8(7)9(13)12-10(6)4-5-10/h1-3H,4-5H2,(H,12,13). The number of hydrogen-bond donors (Lipinski definition) is 1. The van der Waals surface area contributed by atoms with Gasteiger partial charge in [0.2, 0.25) is 0 Å². The Morgan fingerprint density at radius 2 is 2.15 bits per heavy atom. The molecule has 1 spiro atoms. The van der Waals surface area contributed by atoms with Crippen LogP contribution < -0.4 is 5.32 Å². The third-order valence-electron chi connectivity index (χ3n) is 2.86. The highest BCUT2D eigenvalue weighted by Gasteiger charge is 2.52. The average molecular weight is 177 g/mol. The van der Waals surface area contributed by atoms with Crippen LogP contribution in [0.25, 0.3) is 0 Å². The van der Waals surface area contributed by atoms with E-state index in [1.54, 1.807) is 6.07 Å². The summed E-state index contributed by atoms with van der Waals surface area (Å²) in [5.41, 5.74) is 0.895. The predicted molar refractivity (Wildman–Crippen MR) is 44.8 cm³/mol. The lowest BCUT2D eigenvalue weighted by molar-refractivity contribution is 0.0949. The summed E-state index contributed by atoms with van der Waals surface area (Å²) in [5, 5.41) is 2.83. The van der Waals surface area contributed by atoms with Crippen molar-refractivity contribution >= 4 is 5.91 Å². The zero-order chi connectivity index (χ0) is 9.05. The molecule has 1 aliphatic carbocycles. The number of benzene rings is 1. The largest absolute Gasteiger partial charge is 0.342 e. The molecule has 1 N–H and O–H groups in total. The van der Waals surface area contributed by atoms with Crippen molar-refractivity contribution in [1.82, 2.24) is 5.32 Å². The molecule has 2 nitrogen and oxygen atoms in total. The van der Waals surface area contributed by atoms with E-state index in [1.165, 1.54) is 6.07 Å². The predicted octanol–water partition coefficient (Wildman–Crippen LogP) is 1.56. The van der Waals surface area contributed by atoms with Crippen LogP contribution in [0.4, 0.5) is 4.39 Å². The maximum absolute atomic E-state index is 13.3. The molecule has 1 aromatic carbocycles. The molecule has 2 aliphatic rings. The molecule has 0 saturated heterocycles. The van der Waals surface area contributed by atoms with Gasteiger partial charge >= 0.3 is 0 Å². The fourth-order valence-electron chi connectivity index (χ4n) is 2.02. The van der Waals surface area contributed by atoms with Gasteiger partial charge in [-0.15, -0.1) is 0 Å². The van der Waals surface area contributed by atoms with Crippen molar-refractivity contribution in [2.75, 3.05) is 0 Å². The summed E-state index contributed by atoms with van der Waals surface area (Å²) < 4.78 is 13.3. The fourth-order valence-corrected chi connectivity index (χ4v) is 2.02. The first-order valence-electron chi connectivity index (χ1n) is 4.34. The van der Waals surface area contributed by atoms with Gasteiger partial charge in [0.15, 0.2) is 0 Å². The Kier molecular flexibility index (Phi) is 1.04. The zero-order valence-electron chi connectivity index (χ0n) is 6.93. The molecule has 3 heteroatoms. The van der Waals surface area contributed by atoms with Gasteiger partial charge in [0.1, 0.15) is 5.82 Å². The van der Waals surface area contributed by atoms with Gasteiger partial charge in [0, 0.05) is 0 Å². The molecule has 0 radical (unpaired) electrons. The Morgan fingerprint density at radius 1 is 1.38 bits per heavy atom. The maximum Gasteiger partial charge on any atom is 0.255 e. The highest BCUT2D eigenvalue weighted by atomic mass is 19.1. The minimum absolute atomic E-state index is 0.200. The topological polar surface area (TPSA) is 29.1 Å². The molecular weight excluding hydrogens is 169 g/mol. The van der Waals surface area contributed by atoms with Gasteiger partial charge in [0.25, 0.3) is 5.91 Å². The van der Waals surface area contributed by atoms with Gasteiger partial charge in [-0.3, -0.25) is 4.79 Å². The normalized spacial score (nSPS) is 21.5. The second kappa shape index (κ2) is 1.92. The third kappa shape index (κ3) is 0.742. The van der Waals surface area contributed by atoms with Crippen molar-refractivity contribution in [1.29, 1.82) is 0 Å². The Labute approximate surface area is 74.8 Å². The van der Waals surface area contributed by atoms with Gasteiger partial charge in [-0.05, 0) is 24.5 Å². The molecule has 3 rings (SSSR count). The SMILES string of the molecule is O=C1NC2(CC2)c2cccc(F)c21. The van der Waals surface area contributed by atoms with Crippen LogP contribution >= 0.6 is 0 Å². The van der Waals surface area contributed by atoms with E-state index in [-0.39, 0.29) is 17.0 Å². The number of amides is 1. The number of halogens is 1. The Bertz CT molecular complexity index is 409. The molecule has 1 saturated carbocycles. The number of nitrogens with one attached hydrogen (secondary N) is 1. The van der Waals surface area contributed by atoms with Crippen LogP contribution in [0.2, 0.25) is 0 Å². The lowest BCUT2D eigenvalue weighted by Crippen LogP contribution is -2.25. The van der Waals surface area contributed by atoms with Crippen LogP contribution in [-0.4, -0.2) is 5.91 Å². The van der Waals surface area contributed by atoms with Gasteiger partial charge in [-0.2, -0.15) is 0 Å². The number of rotatable bonds is 0. The van der Waals surface area contributed by atoms with Crippen molar-refractivity contribution in [3.05, 3.63) is 35.1 Å². The Hall–Kier alpha value is -1.38. The van der Waals surface area contributed by atoms with Crippen molar-refractivity contribution < 1.29 is 9.18 Å². The van der Waals surface area contributed by atoms with Crippen LogP contribution in [-0.2, 0) is 5.54 Å². The summed E-state index contributed by atoms with van der Waals surface area (Å²) in [6.45, 7) is 0. The minimum Gasteiger partial charge on any atom is -0.342 e. The molecule has 1 aromatic rings. The molecule has 1 aliphatic heterocycles. The van der Waals surface area contributed by atoms with Crippen LogP contribution in [0.5, 0.6) is 0 Å². The number of carbonyl (C=O) groups excluding carboxylic acids is 1. The summed E-state index contributed by atoms with van der Waals surface area (Å²) in [7, 11) is 0. The summed E-state index contributed by atoms with van der Waals surface area (Å²) in [5.74, 6) is -0.663. The lowest BCUT2D eigenvalue weighted by atomic mass is 10.0. The van der Waals surface area contributed by atoms with E-state index < -0.39 is 5.82 Å². The van der Waals surface area contributed by atoms with Gasteiger partial charge in [-0.25, -0.2) is 4.39 Å². The summed E-state index contributed by atoms with van der Waals surface area (Å²) in [6.07, 6.45) is 1.88. The first-order valence-corrected chi connectivity index (χ1v) is 4.34. The van der Waals surface area contributed by atoms with Crippen molar-refractivity contribution in [3.8, 4) is 0 Å². The maximum atomic E-state index is 13.3. The van der Waals surface area contributed by atoms with Crippen LogP contribution in [0.1, 0.15) is 28.8 Å². The Balaban J connectivity index is 2.30. The number of hydrogen-bond acceptors (Lipinski definition) is 1. The van der Waals surface area contributed by atoms with E-state index >= 15 is 0 Å². The molecule has 0 bridgehead atoms. The molecule has 13 heavy (non-hydrogen) atoms. The highest BCUT2D eigenvalue weighted by Crippen LogP contribution is 2.50. The number of carbonyl (C=O) groups is 1. The summed E-state index contributed by atoms with van der Waals surface area (Å²) >= 11 is 0. The third-order valence-corrected chi connectivity index (χ3v) is 2.86. The van der Waals surface area contributed by atoms with E-state index in [1.807, 2.05) is 6.07 Å². The fraction of sp³-hybridized carbons (Fsp3) is 0.300. The van der Waals surface area contributed by atoms with E-state index in [0.717, 1.165) is 18.4 Å². The quantitative estimate of drug-likeness (QED) is 0.640. The van der Waals surface area contributed by atoms with E-state index in [4.69, 9.17) is 0 Å². The molecule has 1 fully saturated rings. The molecule has 0 aromatic heterocycles. The molecule has 66 valence electrons. The smallest absolute Gasteiger partial charge is 0.255 e. The monoisotopic (exact) mass is 177 g/mol. The van der Waals surface area contributed by atoms with E-state index in [9.17, 15) is 9.18 Å². The number of fused-ring (bicyclic) bond motifs is 2. The molecule has 0 atom stereocenters. The first-order chi connectivity index (χ1) is 6.23. The highest BCUT2D eigenvalue weighted by molar-refractivity contribution is 6.00. The van der Waals surface area contributed by atoms with Crippen LogP contribution in [0.15, 0.2) is 18.2 Å². The second-order valence-electron chi connectivity index (χ2n) is 3.70. The molecule has 1 heterocycles. The summed E-state index contributed by atoms with van der Waals surface area (Å²) in [4.78, 5) is 11.4.